The predicted molar refractivity (Wildman–Crippen MR) is 87.9 cm³/mol. The van der Waals surface area contributed by atoms with Crippen molar-refractivity contribution in [3.63, 3.8) is 0 Å². The lowest BCUT2D eigenvalue weighted by molar-refractivity contribution is 0.408. The summed E-state index contributed by atoms with van der Waals surface area (Å²) < 4.78 is 5.41. The summed E-state index contributed by atoms with van der Waals surface area (Å²) in [4.78, 5) is 6.57. The molecule has 0 fully saturated rings. The van der Waals surface area contributed by atoms with Crippen LogP contribution in [0.25, 0.3) is 0 Å². The van der Waals surface area contributed by atoms with Gasteiger partial charge in [0.15, 0.2) is 5.82 Å². The number of hydrogen-bond acceptors (Lipinski definition) is 4. The summed E-state index contributed by atoms with van der Waals surface area (Å²) in [5.74, 6) is 1.74. The van der Waals surface area contributed by atoms with Crippen LogP contribution in [0.15, 0.2) is 36.5 Å². The van der Waals surface area contributed by atoms with Crippen LogP contribution >= 0.6 is 0 Å². The van der Waals surface area contributed by atoms with Crippen LogP contribution in [0.5, 0.6) is 5.75 Å². The van der Waals surface area contributed by atoms with Crippen LogP contribution in [0.1, 0.15) is 18.1 Å². The van der Waals surface area contributed by atoms with E-state index >= 15 is 0 Å². The topological polar surface area (TPSA) is 51.4 Å². The summed E-state index contributed by atoms with van der Waals surface area (Å²) in [6.45, 7) is 4.15. The largest absolute Gasteiger partial charge is 0.496 e. The molecule has 0 bridgehead atoms. The van der Waals surface area contributed by atoms with Gasteiger partial charge in [-0.05, 0) is 43.5 Å². The molecule has 0 aliphatic rings. The first-order valence-corrected chi connectivity index (χ1v) is 7.09. The van der Waals surface area contributed by atoms with Crippen molar-refractivity contribution < 1.29 is 4.74 Å². The van der Waals surface area contributed by atoms with E-state index in [1.54, 1.807) is 7.11 Å². The number of likely N-dealkylation sites (N-methyl/N-ethyl adjacent to an activating group) is 1. The summed E-state index contributed by atoms with van der Waals surface area (Å²) in [6, 6.07) is 10.3. The van der Waals surface area contributed by atoms with Crippen molar-refractivity contribution >= 4 is 11.5 Å². The fourth-order valence-corrected chi connectivity index (χ4v) is 2.41. The Morgan fingerprint density at radius 1 is 1.33 bits per heavy atom. The van der Waals surface area contributed by atoms with Gasteiger partial charge >= 0.3 is 0 Å². The lowest BCUT2D eigenvalue weighted by Crippen LogP contribution is -2.32. The second-order valence-electron chi connectivity index (χ2n) is 5.40. The van der Waals surface area contributed by atoms with Crippen molar-refractivity contribution in [2.75, 3.05) is 24.8 Å². The second-order valence-corrected chi connectivity index (χ2v) is 5.40. The number of nitrogens with zero attached hydrogens (tertiary/aromatic N) is 2. The number of rotatable bonds is 5. The third-order valence-electron chi connectivity index (χ3n) is 3.73. The van der Waals surface area contributed by atoms with Gasteiger partial charge in [0.05, 0.1) is 12.8 Å². The normalized spacial score (nSPS) is 12.0. The number of anilines is 2. The Labute approximate surface area is 126 Å². The Hall–Kier alpha value is -2.23. The van der Waals surface area contributed by atoms with Crippen LogP contribution in [-0.2, 0) is 6.42 Å². The summed E-state index contributed by atoms with van der Waals surface area (Å²) in [5.41, 5.74) is 9.05. The molecule has 2 aromatic rings. The number of nitrogens with two attached hydrogens (primary N) is 1. The van der Waals surface area contributed by atoms with E-state index in [-0.39, 0.29) is 6.04 Å². The van der Waals surface area contributed by atoms with E-state index in [0.29, 0.717) is 5.69 Å². The first-order chi connectivity index (χ1) is 10.0. The van der Waals surface area contributed by atoms with Gasteiger partial charge < -0.3 is 15.4 Å². The number of hydrogen-bond donors (Lipinski definition) is 1. The molecule has 0 radical (unpaired) electrons. The number of benzene rings is 1. The van der Waals surface area contributed by atoms with E-state index in [2.05, 4.69) is 22.9 Å². The monoisotopic (exact) mass is 285 g/mol. The highest BCUT2D eigenvalue weighted by Crippen LogP contribution is 2.25. The van der Waals surface area contributed by atoms with Gasteiger partial charge in [0.1, 0.15) is 5.75 Å². The van der Waals surface area contributed by atoms with E-state index in [9.17, 15) is 0 Å². The molecule has 0 aliphatic carbocycles. The van der Waals surface area contributed by atoms with Gasteiger partial charge in [-0.2, -0.15) is 0 Å². The summed E-state index contributed by atoms with van der Waals surface area (Å²) in [7, 11) is 3.72. The van der Waals surface area contributed by atoms with Crippen molar-refractivity contribution in [1.29, 1.82) is 0 Å². The molecule has 4 heteroatoms. The van der Waals surface area contributed by atoms with Crippen LogP contribution < -0.4 is 15.4 Å². The van der Waals surface area contributed by atoms with Crippen molar-refractivity contribution in [2.45, 2.75) is 26.3 Å². The van der Waals surface area contributed by atoms with Crippen LogP contribution in [0, 0.1) is 6.92 Å². The molecule has 21 heavy (non-hydrogen) atoms. The smallest absolute Gasteiger partial charge is 0.151 e. The molecular formula is C17H23N3O. The molecular weight excluding hydrogens is 262 g/mol. The minimum absolute atomic E-state index is 0.263. The van der Waals surface area contributed by atoms with E-state index in [1.807, 2.05) is 44.4 Å². The molecule has 4 nitrogen and oxygen atoms in total. The molecule has 1 aromatic carbocycles. The highest BCUT2D eigenvalue weighted by Gasteiger charge is 2.16. The number of pyridine rings is 1. The third-order valence-corrected chi connectivity index (χ3v) is 3.73. The Morgan fingerprint density at radius 3 is 2.71 bits per heavy atom. The first kappa shape index (κ1) is 15.2. The zero-order valence-corrected chi connectivity index (χ0v) is 13.1. The molecule has 1 heterocycles. The molecule has 0 aliphatic heterocycles. The minimum Gasteiger partial charge on any atom is -0.496 e. The minimum atomic E-state index is 0.263. The van der Waals surface area contributed by atoms with Crippen molar-refractivity contribution in [2.24, 2.45) is 0 Å². The number of aromatic nitrogens is 1. The van der Waals surface area contributed by atoms with Gasteiger partial charge in [0, 0.05) is 19.3 Å². The molecule has 1 unspecified atom stereocenters. The van der Waals surface area contributed by atoms with Crippen molar-refractivity contribution in [1.82, 2.24) is 4.98 Å². The van der Waals surface area contributed by atoms with Gasteiger partial charge in [-0.1, -0.05) is 18.2 Å². The van der Waals surface area contributed by atoms with Crippen LogP contribution in [0.4, 0.5) is 11.5 Å². The average Bonchev–Trinajstić information content (AvgIpc) is 2.47. The Bertz CT molecular complexity index is 613. The Kier molecular flexibility index (Phi) is 4.68. The fraction of sp³-hybridized carbons (Fsp3) is 0.353. The molecule has 0 saturated carbocycles. The average molecular weight is 285 g/mol. The number of methoxy groups -OCH3 is 1. The standard InChI is InChI=1S/C17H23N3O/c1-12-9-15(18)17(19-11-12)20(3)13(2)10-14-7-5-6-8-16(14)21-4/h5-9,11,13H,10,18H2,1-4H3. The number of nitrogen functional groups attached to an aromatic ring is 1. The van der Waals surface area contributed by atoms with Gasteiger partial charge in [-0.3, -0.25) is 0 Å². The molecule has 0 spiro atoms. The Balaban J connectivity index is 2.17. The number of ether oxygens (including phenoxy) is 1. The van der Waals surface area contributed by atoms with Crippen LogP contribution in [-0.4, -0.2) is 25.2 Å². The lowest BCUT2D eigenvalue weighted by Gasteiger charge is -2.27. The van der Waals surface area contributed by atoms with Crippen molar-refractivity contribution in [3.8, 4) is 5.75 Å². The molecule has 112 valence electrons. The highest BCUT2D eigenvalue weighted by atomic mass is 16.5. The molecule has 1 atom stereocenters. The zero-order valence-electron chi connectivity index (χ0n) is 13.1. The van der Waals surface area contributed by atoms with Gasteiger partial charge in [-0.25, -0.2) is 4.98 Å². The first-order valence-electron chi connectivity index (χ1n) is 7.09. The SMILES string of the molecule is COc1ccccc1CC(C)N(C)c1ncc(C)cc1N. The predicted octanol–water partition coefficient (Wildman–Crippen LogP) is 3.05. The Morgan fingerprint density at radius 2 is 2.05 bits per heavy atom. The maximum absolute atomic E-state index is 6.08. The van der Waals surface area contributed by atoms with Crippen LogP contribution in [0.3, 0.4) is 0 Å². The highest BCUT2D eigenvalue weighted by molar-refractivity contribution is 5.63. The molecule has 0 saturated heterocycles. The molecule has 0 amide bonds. The maximum atomic E-state index is 6.08. The van der Waals surface area contributed by atoms with Gasteiger partial charge in [0.2, 0.25) is 0 Å². The molecule has 2 N–H and O–H groups in total. The summed E-state index contributed by atoms with van der Waals surface area (Å²) in [6.07, 6.45) is 2.72. The molecule has 2 rings (SSSR count). The summed E-state index contributed by atoms with van der Waals surface area (Å²) >= 11 is 0. The third kappa shape index (κ3) is 3.45. The van der Waals surface area contributed by atoms with Gasteiger partial charge in [0.25, 0.3) is 0 Å². The van der Waals surface area contributed by atoms with Crippen molar-refractivity contribution in [3.05, 3.63) is 47.7 Å². The van der Waals surface area contributed by atoms with E-state index < -0.39 is 0 Å². The van der Waals surface area contributed by atoms with E-state index in [1.165, 1.54) is 5.56 Å². The van der Waals surface area contributed by atoms with E-state index in [0.717, 1.165) is 23.6 Å². The van der Waals surface area contributed by atoms with E-state index in [4.69, 9.17) is 10.5 Å². The number of para-hydroxylation sites is 1. The van der Waals surface area contributed by atoms with Gasteiger partial charge in [-0.15, -0.1) is 0 Å². The van der Waals surface area contributed by atoms with Crippen LogP contribution in [0.2, 0.25) is 0 Å². The number of aryl methyl sites for hydroxylation is 1. The molecule has 1 aromatic heterocycles. The fourth-order valence-electron chi connectivity index (χ4n) is 2.41. The lowest BCUT2D eigenvalue weighted by atomic mass is 10.0. The zero-order chi connectivity index (χ0) is 15.4. The second kappa shape index (κ2) is 6.48. The summed E-state index contributed by atoms with van der Waals surface area (Å²) in [5, 5.41) is 0. The quantitative estimate of drug-likeness (QED) is 0.917. The maximum Gasteiger partial charge on any atom is 0.151 e.